The van der Waals surface area contributed by atoms with Crippen molar-refractivity contribution in [3.8, 4) is 0 Å². The smallest absolute Gasteiger partial charge is 0.308 e. The highest BCUT2D eigenvalue weighted by molar-refractivity contribution is 5.75. The van der Waals surface area contributed by atoms with Gasteiger partial charge in [0.25, 0.3) is 0 Å². The van der Waals surface area contributed by atoms with Crippen LogP contribution in [0.15, 0.2) is 0 Å². The first-order chi connectivity index (χ1) is 8.06. The van der Waals surface area contributed by atoms with Crippen molar-refractivity contribution >= 4 is 11.9 Å². The van der Waals surface area contributed by atoms with E-state index in [1.54, 1.807) is 0 Å². The lowest BCUT2D eigenvalue weighted by Gasteiger charge is -2.24. The fourth-order valence-electron chi connectivity index (χ4n) is 1.79. The topological polar surface area (TPSA) is 104 Å². The predicted octanol–water partition coefficient (Wildman–Crippen LogP) is 0.0214. The molecule has 17 heavy (non-hydrogen) atoms. The van der Waals surface area contributed by atoms with Gasteiger partial charge in [0, 0.05) is 0 Å². The number of carboxylic acid groups (broad SMARTS) is 1. The second kappa shape index (κ2) is 8.95. The molecular weight excluding hydrogens is 228 g/mol. The molecule has 0 bridgehead atoms. The van der Waals surface area contributed by atoms with Gasteiger partial charge in [0.1, 0.15) is 0 Å². The number of carboxylic acids is 1. The number of ether oxygens (including phenoxy) is 1. The molecule has 2 atom stereocenters. The molecule has 1 saturated carbocycles. The van der Waals surface area contributed by atoms with E-state index in [1.807, 2.05) is 0 Å². The Bertz CT molecular complexity index is 238. The molecule has 6 heteroatoms. The maximum atomic E-state index is 11.1. The Balaban J connectivity index is 0.000000557. The second-order valence-corrected chi connectivity index (χ2v) is 3.87. The first-order valence-electron chi connectivity index (χ1n) is 5.59. The van der Waals surface area contributed by atoms with Gasteiger partial charge < -0.3 is 20.1 Å². The Morgan fingerprint density at radius 3 is 2.12 bits per heavy atom. The van der Waals surface area contributed by atoms with Crippen LogP contribution in [0.4, 0.5) is 0 Å². The van der Waals surface area contributed by atoms with Gasteiger partial charge in [-0.15, -0.1) is 0 Å². The van der Waals surface area contributed by atoms with E-state index < -0.39 is 5.97 Å². The first kappa shape index (κ1) is 15.9. The molecule has 0 heterocycles. The van der Waals surface area contributed by atoms with Crippen LogP contribution in [0.2, 0.25) is 0 Å². The van der Waals surface area contributed by atoms with E-state index >= 15 is 0 Å². The average Bonchev–Trinajstić information content (AvgIpc) is 2.38. The SMILES string of the molecule is COC(=O)C1CCCC(C(=O)O)C1.OCCO. The van der Waals surface area contributed by atoms with Crippen molar-refractivity contribution in [2.45, 2.75) is 25.7 Å². The number of rotatable bonds is 3. The molecule has 0 spiro atoms. The highest BCUT2D eigenvalue weighted by atomic mass is 16.5. The van der Waals surface area contributed by atoms with Crippen molar-refractivity contribution in [3.63, 3.8) is 0 Å². The summed E-state index contributed by atoms with van der Waals surface area (Å²) in [5, 5.41) is 24.0. The first-order valence-corrected chi connectivity index (χ1v) is 5.59. The van der Waals surface area contributed by atoms with Crippen molar-refractivity contribution in [1.29, 1.82) is 0 Å². The number of methoxy groups -OCH3 is 1. The molecule has 2 unspecified atom stereocenters. The number of carbonyl (C=O) groups excluding carboxylic acids is 1. The minimum atomic E-state index is -0.798. The number of carbonyl (C=O) groups is 2. The number of esters is 1. The Labute approximate surface area is 100 Å². The lowest BCUT2D eigenvalue weighted by atomic mass is 9.81. The molecule has 1 fully saturated rings. The lowest BCUT2D eigenvalue weighted by molar-refractivity contribution is -0.150. The highest BCUT2D eigenvalue weighted by Gasteiger charge is 2.31. The summed E-state index contributed by atoms with van der Waals surface area (Å²) in [6.45, 7) is -0.250. The summed E-state index contributed by atoms with van der Waals surface area (Å²) in [7, 11) is 1.34. The van der Waals surface area contributed by atoms with E-state index in [0.29, 0.717) is 12.8 Å². The van der Waals surface area contributed by atoms with E-state index in [4.69, 9.17) is 15.3 Å². The minimum Gasteiger partial charge on any atom is -0.481 e. The maximum absolute atomic E-state index is 11.1. The van der Waals surface area contributed by atoms with Crippen LogP contribution in [-0.4, -0.2) is 47.6 Å². The van der Waals surface area contributed by atoms with Crippen molar-refractivity contribution in [1.82, 2.24) is 0 Å². The fraction of sp³-hybridized carbons (Fsp3) is 0.818. The summed E-state index contributed by atoms with van der Waals surface area (Å²) in [5.74, 6) is -1.64. The van der Waals surface area contributed by atoms with E-state index in [9.17, 15) is 9.59 Å². The van der Waals surface area contributed by atoms with Gasteiger partial charge in [0.05, 0.1) is 32.2 Å². The molecule has 0 radical (unpaired) electrons. The van der Waals surface area contributed by atoms with Gasteiger partial charge >= 0.3 is 11.9 Å². The van der Waals surface area contributed by atoms with Gasteiger partial charge in [0.15, 0.2) is 0 Å². The summed E-state index contributed by atoms with van der Waals surface area (Å²) in [6, 6.07) is 0. The number of aliphatic carboxylic acids is 1. The summed E-state index contributed by atoms with van der Waals surface area (Å²) in [4.78, 5) is 21.8. The Morgan fingerprint density at radius 2 is 1.71 bits per heavy atom. The largest absolute Gasteiger partial charge is 0.481 e. The van der Waals surface area contributed by atoms with E-state index in [2.05, 4.69) is 4.74 Å². The molecule has 0 aromatic rings. The van der Waals surface area contributed by atoms with Crippen molar-refractivity contribution < 1.29 is 29.6 Å². The lowest BCUT2D eigenvalue weighted by Crippen LogP contribution is -2.27. The van der Waals surface area contributed by atoms with Crippen LogP contribution in [0.5, 0.6) is 0 Å². The van der Waals surface area contributed by atoms with Crippen LogP contribution in [0.3, 0.4) is 0 Å². The van der Waals surface area contributed by atoms with Crippen molar-refractivity contribution in [2.75, 3.05) is 20.3 Å². The maximum Gasteiger partial charge on any atom is 0.308 e. The molecule has 1 aliphatic rings. The van der Waals surface area contributed by atoms with Crippen molar-refractivity contribution in [3.05, 3.63) is 0 Å². The van der Waals surface area contributed by atoms with Crippen LogP contribution in [0, 0.1) is 11.8 Å². The quantitative estimate of drug-likeness (QED) is 0.608. The summed E-state index contributed by atoms with van der Waals surface area (Å²) >= 11 is 0. The summed E-state index contributed by atoms with van der Waals surface area (Å²) < 4.78 is 4.59. The predicted molar refractivity (Wildman–Crippen MR) is 59.3 cm³/mol. The van der Waals surface area contributed by atoms with Crippen LogP contribution in [-0.2, 0) is 14.3 Å². The third-order valence-electron chi connectivity index (χ3n) is 2.66. The molecule has 0 saturated heterocycles. The van der Waals surface area contributed by atoms with Crippen LogP contribution in [0.1, 0.15) is 25.7 Å². The summed E-state index contributed by atoms with van der Waals surface area (Å²) in [6.07, 6.45) is 2.68. The molecule has 0 aromatic heterocycles. The molecule has 0 amide bonds. The third-order valence-corrected chi connectivity index (χ3v) is 2.66. The molecule has 1 rings (SSSR count). The van der Waals surface area contributed by atoms with E-state index in [1.165, 1.54) is 7.11 Å². The Morgan fingerprint density at radius 1 is 1.18 bits per heavy atom. The molecule has 0 aliphatic heterocycles. The number of hydrogen-bond acceptors (Lipinski definition) is 5. The molecule has 3 N–H and O–H groups in total. The minimum absolute atomic E-state index is 0.125. The standard InChI is InChI=1S/C9H14O4.C2H6O2/c1-13-9(12)7-4-2-3-6(5-7)8(10)11;3-1-2-4/h6-7H,2-5H2,1H3,(H,10,11);3-4H,1-2H2. The molecule has 6 nitrogen and oxygen atoms in total. The molecule has 1 aliphatic carbocycles. The van der Waals surface area contributed by atoms with Crippen LogP contribution in [0.25, 0.3) is 0 Å². The monoisotopic (exact) mass is 248 g/mol. The van der Waals surface area contributed by atoms with Gasteiger partial charge in [-0.3, -0.25) is 9.59 Å². The molecule has 0 aromatic carbocycles. The van der Waals surface area contributed by atoms with Gasteiger partial charge in [0.2, 0.25) is 0 Å². The van der Waals surface area contributed by atoms with Gasteiger partial charge in [-0.05, 0) is 19.3 Å². The number of aliphatic hydroxyl groups excluding tert-OH is 2. The van der Waals surface area contributed by atoms with E-state index in [-0.39, 0.29) is 31.0 Å². The highest BCUT2D eigenvalue weighted by Crippen LogP contribution is 2.29. The van der Waals surface area contributed by atoms with Gasteiger partial charge in [-0.25, -0.2) is 0 Å². The zero-order valence-electron chi connectivity index (χ0n) is 9.96. The zero-order chi connectivity index (χ0) is 13.3. The summed E-state index contributed by atoms with van der Waals surface area (Å²) in [5.41, 5.74) is 0. The van der Waals surface area contributed by atoms with Crippen molar-refractivity contribution in [2.24, 2.45) is 11.8 Å². The number of aliphatic hydroxyl groups is 2. The Kier molecular flexibility index (Phi) is 8.35. The molecule has 100 valence electrons. The average molecular weight is 248 g/mol. The zero-order valence-corrected chi connectivity index (χ0v) is 9.96. The Hall–Kier alpha value is -1.14. The van der Waals surface area contributed by atoms with Crippen LogP contribution >= 0.6 is 0 Å². The van der Waals surface area contributed by atoms with Gasteiger partial charge in [-0.2, -0.15) is 0 Å². The molecular formula is C11H20O6. The van der Waals surface area contributed by atoms with E-state index in [0.717, 1.165) is 12.8 Å². The number of hydrogen-bond donors (Lipinski definition) is 3. The normalized spacial score (nSPS) is 23.2. The van der Waals surface area contributed by atoms with Gasteiger partial charge in [-0.1, -0.05) is 6.42 Å². The second-order valence-electron chi connectivity index (χ2n) is 3.87. The van der Waals surface area contributed by atoms with Crippen LogP contribution < -0.4 is 0 Å². The fourth-order valence-corrected chi connectivity index (χ4v) is 1.79. The third kappa shape index (κ3) is 6.23.